The Morgan fingerprint density at radius 2 is 2.15 bits per heavy atom. The molecule has 0 aliphatic heterocycles. The van der Waals surface area contributed by atoms with Gasteiger partial charge in [0.05, 0.1) is 22.9 Å². The average molecular weight is 399 g/mol. The van der Waals surface area contributed by atoms with Gasteiger partial charge in [0.2, 0.25) is 5.91 Å². The first-order valence-electron chi connectivity index (χ1n) is 8.42. The van der Waals surface area contributed by atoms with Crippen LogP contribution in [0, 0.1) is 20.8 Å². The van der Waals surface area contributed by atoms with Gasteiger partial charge < -0.3 is 9.73 Å². The van der Waals surface area contributed by atoms with Crippen molar-refractivity contribution in [3.8, 4) is 11.5 Å². The van der Waals surface area contributed by atoms with Gasteiger partial charge in [0.25, 0.3) is 0 Å². The Labute approximate surface area is 164 Å². The molecule has 0 spiro atoms. The van der Waals surface area contributed by atoms with E-state index in [9.17, 15) is 4.79 Å². The van der Waals surface area contributed by atoms with E-state index in [1.807, 2.05) is 48.9 Å². The quantitative estimate of drug-likeness (QED) is 0.507. The minimum absolute atomic E-state index is 0.182. The summed E-state index contributed by atoms with van der Waals surface area (Å²) in [6.45, 7) is 6.26. The molecule has 0 radical (unpaired) electrons. The van der Waals surface area contributed by atoms with Crippen LogP contribution in [-0.2, 0) is 11.3 Å². The van der Waals surface area contributed by atoms with Gasteiger partial charge in [-0.25, -0.2) is 9.97 Å². The van der Waals surface area contributed by atoms with Gasteiger partial charge in [-0.15, -0.1) is 22.7 Å². The minimum Gasteiger partial charge on any atom is -0.458 e. The van der Waals surface area contributed by atoms with Crippen LogP contribution in [0.2, 0.25) is 0 Å². The van der Waals surface area contributed by atoms with Crippen LogP contribution in [0.15, 0.2) is 34.2 Å². The fourth-order valence-corrected chi connectivity index (χ4v) is 4.24. The number of rotatable bonds is 5. The molecule has 0 unspecified atom stereocenters. The predicted molar refractivity (Wildman–Crippen MR) is 108 cm³/mol. The maximum absolute atomic E-state index is 12.2. The summed E-state index contributed by atoms with van der Waals surface area (Å²) < 4.78 is 7.76. The fraction of sp³-hybridized carbons (Fsp3) is 0.211. The lowest BCUT2D eigenvalue weighted by Crippen LogP contribution is -2.19. The van der Waals surface area contributed by atoms with Crippen molar-refractivity contribution in [2.24, 2.45) is 0 Å². The van der Waals surface area contributed by atoms with Gasteiger partial charge in [-0.3, -0.25) is 9.20 Å². The molecule has 0 aliphatic carbocycles. The second-order valence-corrected chi connectivity index (χ2v) is 8.42. The molecule has 4 aromatic rings. The van der Waals surface area contributed by atoms with E-state index in [-0.39, 0.29) is 5.91 Å². The molecule has 0 saturated carbocycles. The van der Waals surface area contributed by atoms with Gasteiger partial charge in [-0.05, 0) is 39.0 Å². The average Bonchev–Trinajstić information content (AvgIpc) is 3.37. The summed E-state index contributed by atoms with van der Waals surface area (Å²) >= 11 is 3.21. The highest BCUT2D eigenvalue weighted by molar-refractivity contribution is 7.17. The fourth-order valence-electron chi connectivity index (χ4n) is 2.76. The van der Waals surface area contributed by atoms with E-state index >= 15 is 0 Å². The molecule has 0 fully saturated rings. The Kier molecular flexibility index (Phi) is 4.67. The number of hydrogen-bond acceptors (Lipinski definition) is 6. The molecule has 0 aromatic carbocycles. The standard InChI is InChI=1S/C19H18N4O2S2/c1-11-9-23-16(12(2)21-19(23)27-11)5-7-18(24)20-8-14-4-6-17(25-14)15-10-26-13(3)22-15/h4-7,9-10H,8H2,1-3H3,(H,20,24)/b7-5+. The minimum atomic E-state index is -0.182. The van der Waals surface area contributed by atoms with Crippen LogP contribution in [0.3, 0.4) is 0 Å². The summed E-state index contributed by atoms with van der Waals surface area (Å²) in [5.41, 5.74) is 2.64. The zero-order valence-corrected chi connectivity index (χ0v) is 16.8. The summed E-state index contributed by atoms with van der Waals surface area (Å²) in [7, 11) is 0. The normalized spacial score (nSPS) is 11.7. The Balaban J connectivity index is 1.40. The number of fused-ring (bicyclic) bond motifs is 1. The van der Waals surface area contributed by atoms with Crippen LogP contribution in [-0.4, -0.2) is 20.3 Å². The number of imidazole rings is 1. The van der Waals surface area contributed by atoms with Crippen LogP contribution < -0.4 is 5.32 Å². The molecule has 0 bridgehead atoms. The van der Waals surface area contributed by atoms with Gasteiger partial charge >= 0.3 is 0 Å². The molecular formula is C19H18N4O2S2. The molecule has 0 atom stereocenters. The summed E-state index contributed by atoms with van der Waals surface area (Å²) in [5, 5.41) is 5.79. The molecule has 6 nitrogen and oxygen atoms in total. The summed E-state index contributed by atoms with van der Waals surface area (Å²) in [6.07, 6.45) is 5.35. The van der Waals surface area contributed by atoms with Crippen LogP contribution in [0.1, 0.15) is 27.0 Å². The predicted octanol–water partition coefficient (Wildman–Crippen LogP) is 4.37. The number of aryl methyl sites for hydroxylation is 3. The number of nitrogens with zero attached hydrogens (tertiary/aromatic N) is 3. The smallest absolute Gasteiger partial charge is 0.244 e. The number of nitrogens with one attached hydrogen (secondary N) is 1. The van der Waals surface area contributed by atoms with Crippen molar-refractivity contribution in [2.75, 3.05) is 0 Å². The lowest BCUT2D eigenvalue weighted by molar-refractivity contribution is -0.116. The van der Waals surface area contributed by atoms with Crippen molar-refractivity contribution >= 4 is 39.6 Å². The number of hydrogen-bond donors (Lipinski definition) is 1. The Morgan fingerprint density at radius 1 is 1.30 bits per heavy atom. The van der Waals surface area contributed by atoms with Crippen LogP contribution in [0.4, 0.5) is 0 Å². The number of furan rings is 1. The van der Waals surface area contributed by atoms with E-state index in [4.69, 9.17) is 4.42 Å². The van der Waals surface area contributed by atoms with Gasteiger partial charge in [0, 0.05) is 22.5 Å². The summed E-state index contributed by atoms with van der Waals surface area (Å²) in [6, 6.07) is 3.73. The summed E-state index contributed by atoms with van der Waals surface area (Å²) in [5.74, 6) is 1.22. The van der Waals surface area contributed by atoms with Crippen molar-refractivity contribution in [3.63, 3.8) is 0 Å². The Morgan fingerprint density at radius 3 is 2.93 bits per heavy atom. The van der Waals surface area contributed by atoms with E-state index in [0.29, 0.717) is 18.1 Å². The molecule has 0 aliphatic rings. The second kappa shape index (κ2) is 7.13. The van der Waals surface area contributed by atoms with Gasteiger partial charge in [-0.2, -0.15) is 0 Å². The van der Waals surface area contributed by atoms with E-state index in [0.717, 1.165) is 27.1 Å². The molecule has 4 rings (SSSR count). The molecule has 8 heteroatoms. The number of carbonyl (C=O) groups is 1. The third-order valence-electron chi connectivity index (χ3n) is 4.03. The molecule has 1 amide bonds. The SMILES string of the molecule is Cc1cn2c(/C=C/C(=O)NCc3ccc(-c4csc(C)n4)o3)c(C)nc2s1. The monoisotopic (exact) mass is 398 g/mol. The zero-order chi connectivity index (χ0) is 19.0. The van der Waals surface area contributed by atoms with Gasteiger partial charge in [0.15, 0.2) is 10.7 Å². The lowest BCUT2D eigenvalue weighted by Gasteiger charge is -1.99. The zero-order valence-electron chi connectivity index (χ0n) is 15.1. The highest BCUT2D eigenvalue weighted by atomic mass is 32.1. The number of carbonyl (C=O) groups excluding carboxylic acids is 1. The Hall–Kier alpha value is -2.71. The van der Waals surface area contributed by atoms with Crippen LogP contribution >= 0.6 is 22.7 Å². The second-order valence-electron chi connectivity index (χ2n) is 6.15. The number of amides is 1. The first kappa shape index (κ1) is 17.7. The molecule has 27 heavy (non-hydrogen) atoms. The third-order valence-corrected chi connectivity index (χ3v) is 5.70. The van der Waals surface area contributed by atoms with Crippen LogP contribution in [0.5, 0.6) is 0 Å². The van der Waals surface area contributed by atoms with Crippen molar-refractivity contribution < 1.29 is 9.21 Å². The largest absolute Gasteiger partial charge is 0.458 e. The van der Waals surface area contributed by atoms with Crippen molar-refractivity contribution in [1.82, 2.24) is 19.7 Å². The van der Waals surface area contributed by atoms with E-state index in [2.05, 4.69) is 15.3 Å². The summed E-state index contributed by atoms with van der Waals surface area (Å²) in [4.78, 5) is 23.2. The third kappa shape index (κ3) is 3.72. The van der Waals surface area contributed by atoms with Crippen molar-refractivity contribution in [2.45, 2.75) is 27.3 Å². The highest BCUT2D eigenvalue weighted by Crippen LogP contribution is 2.24. The van der Waals surface area contributed by atoms with Crippen LogP contribution in [0.25, 0.3) is 22.5 Å². The van der Waals surface area contributed by atoms with Gasteiger partial charge in [-0.1, -0.05) is 0 Å². The first-order valence-corrected chi connectivity index (χ1v) is 10.1. The first-order chi connectivity index (χ1) is 13.0. The highest BCUT2D eigenvalue weighted by Gasteiger charge is 2.10. The molecule has 4 heterocycles. The molecule has 138 valence electrons. The maximum atomic E-state index is 12.2. The van der Waals surface area contributed by atoms with Crippen molar-refractivity contribution in [3.05, 3.63) is 56.8 Å². The molecule has 4 aromatic heterocycles. The van der Waals surface area contributed by atoms with E-state index < -0.39 is 0 Å². The topological polar surface area (TPSA) is 72.4 Å². The molecule has 0 saturated heterocycles. The lowest BCUT2D eigenvalue weighted by atomic mass is 10.3. The van der Waals surface area contributed by atoms with Gasteiger partial charge in [0.1, 0.15) is 11.5 Å². The van der Waals surface area contributed by atoms with Crippen molar-refractivity contribution in [1.29, 1.82) is 0 Å². The number of aromatic nitrogens is 3. The van der Waals surface area contributed by atoms with E-state index in [1.54, 1.807) is 28.7 Å². The number of thiazole rings is 2. The Bertz CT molecular complexity index is 1150. The molecule has 1 N–H and O–H groups in total. The molecular weight excluding hydrogens is 380 g/mol. The maximum Gasteiger partial charge on any atom is 0.244 e. The van der Waals surface area contributed by atoms with E-state index in [1.165, 1.54) is 11.0 Å².